The molecule has 2 heteroatoms. The summed E-state index contributed by atoms with van der Waals surface area (Å²) in [6, 6.07) is 2.21. The van der Waals surface area contributed by atoms with Crippen molar-refractivity contribution in [2.24, 2.45) is 0 Å². The molecule has 9 heavy (non-hydrogen) atoms. The zero-order valence-electron chi connectivity index (χ0n) is 5.57. The van der Waals surface area contributed by atoms with Gasteiger partial charge in [-0.15, -0.1) is 6.58 Å². The summed E-state index contributed by atoms with van der Waals surface area (Å²) in [6.07, 6.45) is 0.795. The van der Waals surface area contributed by atoms with Crippen molar-refractivity contribution in [1.82, 2.24) is 5.32 Å². The lowest BCUT2D eigenvalue weighted by Crippen LogP contribution is -2.11. The van der Waals surface area contributed by atoms with Crippen LogP contribution in [-0.4, -0.2) is 12.1 Å². The number of rotatable bonds is 2. The Labute approximate surface area is 55.2 Å². The molecule has 1 aliphatic heterocycles. The van der Waals surface area contributed by atoms with Crippen LogP contribution in [0.1, 0.15) is 13.3 Å². The second kappa shape index (κ2) is 1.85. The third-order valence-corrected chi connectivity index (χ3v) is 1.42. The van der Waals surface area contributed by atoms with Gasteiger partial charge in [-0.25, -0.2) is 0 Å². The highest BCUT2D eigenvalue weighted by atomic mass is 15.2. The van der Waals surface area contributed by atoms with E-state index >= 15 is 0 Å². The first kappa shape index (κ1) is 6.31. The second-order valence-electron chi connectivity index (χ2n) is 2.68. The van der Waals surface area contributed by atoms with Crippen molar-refractivity contribution < 1.29 is 0 Å². The van der Waals surface area contributed by atoms with Gasteiger partial charge in [0.25, 0.3) is 0 Å². The van der Waals surface area contributed by atoms with Crippen molar-refractivity contribution >= 4 is 0 Å². The van der Waals surface area contributed by atoms with Crippen LogP contribution in [0.5, 0.6) is 0 Å². The molecule has 0 aromatic carbocycles. The molecule has 0 amide bonds. The average molecular weight is 122 g/mol. The minimum absolute atomic E-state index is 0.230. The van der Waals surface area contributed by atoms with Crippen LogP contribution in [0.2, 0.25) is 0 Å². The van der Waals surface area contributed by atoms with E-state index in [2.05, 4.69) is 18.0 Å². The molecule has 2 nitrogen and oxygen atoms in total. The summed E-state index contributed by atoms with van der Waals surface area (Å²) in [6.45, 7) is 6.51. The molecule has 0 aliphatic carbocycles. The largest absolute Gasteiger partial charge is 0.295 e. The Hall–Kier alpha value is -0.810. The smallest absolute Gasteiger partial charge is 0.123 e. The van der Waals surface area contributed by atoms with Crippen LogP contribution >= 0.6 is 0 Å². The van der Waals surface area contributed by atoms with E-state index in [9.17, 15) is 0 Å². The molecule has 0 bridgehead atoms. The van der Waals surface area contributed by atoms with Crippen molar-refractivity contribution in [3.8, 4) is 6.07 Å². The van der Waals surface area contributed by atoms with Crippen molar-refractivity contribution in [1.29, 1.82) is 5.26 Å². The Balaban J connectivity index is 2.45. The first-order valence-electron chi connectivity index (χ1n) is 2.99. The highest BCUT2D eigenvalue weighted by Gasteiger charge is 2.41. The molecule has 1 atom stereocenters. The van der Waals surface area contributed by atoms with Gasteiger partial charge in [-0.3, -0.25) is 5.32 Å². The molecule has 1 saturated heterocycles. The third-order valence-electron chi connectivity index (χ3n) is 1.42. The summed E-state index contributed by atoms with van der Waals surface area (Å²) >= 11 is 0. The summed E-state index contributed by atoms with van der Waals surface area (Å²) in [7, 11) is 0. The van der Waals surface area contributed by atoms with Crippen LogP contribution in [0.4, 0.5) is 0 Å². The van der Waals surface area contributed by atoms with Gasteiger partial charge in [-0.05, 0) is 6.92 Å². The molecule has 1 unspecified atom stereocenters. The van der Waals surface area contributed by atoms with Crippen molar-refractivity contribution in [3.63, 3.8) is 0 Å². The van der Waals surface area contributed by atoms with Gasteiger partial charge < -0.3 is 0 Å². The van der Waals surface area contributed by atoms with Gasteiger partial charge in [-0.1, -0.05) is 5.57 Å². The Morgan fingerprint density at radius 3 is 2.67 bits per heavy atom. The summed E-state index contributed by atoms with van der Waals surface area (Å²) in [5, 5.41) is 11.6. The Morgan fingerprint density at radius 1 is 2.00 bits per heavy atom. The van der Waals surface area contributed by atoms with Crippen LogP contribution in [0.3, 0.4) is 0 Å². The summed E-state index contributed by atoms with van der Waals surface area (Å²) in [4.78, 5) is 0. The SMILES string of the molecule is C=C(C)CC1(C#N)CN1. The summed E-state index contributed by atoms with van der Waals surface area (Å²) in [5.74, 6) is 0. The molecule has 1 aliphatic rings. The van der Waals surface area contributed by atoms with E-state index in [1.165, 1.54) is 0 Å². The molecule has 1 heterocycles. The molecular formula is C7H10N2. The van der Waals surface area contributed by atoms with Crippen molar-refractivity contribution in [2.45, 2.75) is 18.9 Å². The Kier molecular flexibility index (Phi) is 1.30. The van der Waals surface area contributed by atoms with Gasteiger partial charge in [0.1, 0.15) is 5.54 Å². The minimum atomic E-state index is -0.230. The van der Waals surface area contributed by atoms with Crippen LogP contribution in [0.25, 0.3) is 0 Å². The van der Waals surface area contributed by atoms with E-state index in [1.54, 1.807) is 0 Å². The van der Waals surface area contributed by atoms with Crippen LogP contribution in [0.15, 0.2) is 12.2 Å². The number of hydrogen-bond acceptors (Lipinski definition) is 2. The average Bonchev–Trinajstić information content (AvgIpc) is 2.48. The molecule has 48 valence electrons. The van der Waals surface area contributed by atoms with E-state index in [0.717, 1.165) is 18.5 Å². The number of nitriles is 1. The molecular weight excluding hydrogens is 112 g/mol. The van der Waals surface area contributed by atoms with Gasteiger partial charge in [0.2, 0.25) is 0 Å². The molecule has 0 saturated carbocycles. The monoisotopic (exact) mass is 122 g/mol. The summed E-state index contributed by atoms with van der Waals surface area (Å²) < 4.78 is 0. The van der Waals surface area contributed by atoms with Crippen molar-refractivity contribution in [3.05, 3.63) is 12.2 Å². The topological polar surface area (TPSA) is 45.7 Å². The van der Waals surface area contributed by atoms with E-state index in [-0.39, 0.29) is 5.54 Å². The number of nitrogens with zero attached hydrogens (tertiary/aromatic N) is 1. The molecule has 1 N–H and O–H groups in total. The molecule has 0 radical (unpaired) electrons. The lowest BCUT2D eigenvalue weighted by Gasteiger charge is -2.00. The molecule has 0 aromatic rings. The van der Waals surface area contributed by atoms with Crippen LogP contribution < -0.4 is 5.32 Å². The maximum atomic E-state index is 8.55. The maximum Gasteiger partial charge on any atom is 0.123 e. The van der Waals surface area contributed by atoms with Gasteiger partial charge in [0.05, 0.1) is 6.07 Å². The fraction of sp³-hybridized carbons (Fsp3) is 0.571. The summed E-state index contributed by atoms with van der Waals surface area (Å²) in [5.41, 5.74) is 0.841. The fourth-order valence-electron chi connectivity index (χ4n) is 0.865. The lowest BCUT2D eigenvalue weighted by molar-refractivity contribution is 0.775. The van der Waals surface area contributed by atoms with Gasteiger partial charge in [0, 0.05) is 13.0 Å². The highest BCUT2D eigenvalue weighted by Crippen LogP contribution is 2.23. The van der Waals surface area contributed by atoms with Crippen molar-refractivity contribution in [2.75, 3.05) is 6.54 Å². The normalized spacial score (nSPS) is 31.1. The first-order valence-corrected chi connectivity index (χ1v) is 2.99. The zero-order valence-corrected chi connectivity index (χ0v) is 5.57. The lowest BCUT2D eigenvalue weighted by atomic mass is 10.0. The predicted molar refractivity (Wildman–Crippen MR) is 35.8 cm³/mol. The van der Waals surface area contributed by atoms with E-state index in [4.69, 9.17) is 5.26 Å². The van der Waals surface area contributed by atoms with E-state index < -0.39 is 0 Å². The molecule has 0 spiro atoms. The van der Waals surface area contributed by atoms with Gasteiger partial charge in [0.15, 0.2) is 0 Å². The van der Waals surface area contributed by atoms with Crippen LogP contribution in [0, 0.1) is 11.3 Å². The highest BCUT2D eigenvalue weighted by molar-refractivity contribution is 5.24. The fourth-order valence-corrected chi connectivity index (χ4v) is 0.865. The maximum absolute atomic E-state index is 8.55. The molecule has 0 aromatic heterocycles. The standard InChI is InChI=1S/C7H10N2/c1-6(2)3-7(4-8)5-9-7/h9H,1,3,5H2,2H3. The molecule has 1 rings (SSSR count). The van der Waals surface area contributed by atoms with E-state index in [1.807, 2.05) is 6.92 Å². The second-order valence-corrected chi connectivity index (χ2v) is 2.68. The Morgan fingerprint density at radius 2 is 2.56 bits per heavy atom. The zero-order chi connectivity index (χ0) is 6.91. The molecule has 1 fully saturated rings. The quantitative estimate of drug-likeness (QED) is 0.435. The predicted octanol–water partition coefficient (Wildman–Crippen LogP) is 0.818. The number of nitrogens with one attached hydrogen (secondary N) is 1. The van der Waals surface area contributed by atoms with Gasteiger partial charge in [-0.2, -0.15) is 5.26 Å². The minimum Gasteiger partial charge on any atom is -0.295 e. The Bertz CT molecular complexity index is 172. The first-order chi connectivity index (χ1) is 4.18. The van der Waals surface area contributed by atoms with E-state index in [0.29, 0.717) is 0 Å². The van der Waals surface area contributed by atoms with Gasteiger partial charge >= 0.3 is 0 Å². The number of hydrogen-bond donors (Lipinski definition) is 1. The third kappa shape index (κ3) is 1.30. The van der Waals surface area contributed by atoms with Crippen LogP contribution in [-0.2, 0) is 0 Å².